The van der Waals surface area contributed by atoms with Crippen molar-refractivity contribution >= 4 is 16.7 Å². The Morgan fingerprint density at radius 1 is 0.913 bits per heavy atom. The zero-order chi connectivity index (χ0) is 17.1. The largest absolute Gasteiger partial charge is 0.454 e. The molecule has 0 radical (unpaired) electrons. The van der Waals surface area contributed by atoms with E-state index in [-0.39, 0.29) is 5.97 Å². The van der Waals surface area contributed by atoms with E-state index in [4.69, 9.17) is 4.74 Å². The van der Waals surface area contributed by atoms with Crippen LogP contribution in [0.15, 0.2) is 42.5 Å². The van der Waals surface area contributed by atoms with Crippen LogP contribution >= 0.6 is 0 Å². The van der Waals surface area contributed by atoms with Crippen molar-refractivity contribution in [1.82, 2.24) is 0 Å². The highest BCUT2D eigenvalue weighted by molar-refractivity contribution is 5.83. The Kier molecular flexibility index (Phi) is 5.13. The van der Waals surface area contributed by atoms with Gasteiger partial charge in [0.1, 0.15) is 5.60 Å². The van der Waals surface area contributed by atoms with Crippen LogP contribution < -0.4 is 0 Å². The predicted octanol–water partition coefficient (Wildman–Crippen LogP) is 5.83. The van der Waals surface area contributed by atoms with Crippen LogP contribution in [0.25, 0.3) is 10.8 Å². The van der Waals surface area contributed by atoms with Gasteiger partial charge >= 0.3 is 5.97 Å². The van der Waals surface area contributed by atoms with Gasteiger partial charge in [0, 0.05) is 0 Å². The number of ether oxygens (including phenoxy) is 1. The number of esters is 1. The first-order chi connectivity index (χ1) is 10.9. The molecule has 0 N–H and O–H groups in total. The molecule has 0 bridgehead atoms. The summed E-state index contributed by atoms with van der Waals surface area (Å²) >= 11 is 0. The summed E-state index contributed by atoms with van der Waals surface area (Å²) in [5.74, 6) is -0.114. The second-order valence-corrected chi connectivity index (χ2v) is 6.89. The molecule has 0 spiro atoms. The molecular formula is C21H28O2. The number of benzene rings is 2. The van der Waals surface area contributed by atoms with Crippen molar-refractivity contribution in [2.24, 2.45) is 5.41 Å². The van der Waals surface area contributed by atoms with Crippen LogP contribution in [0.4, 0.5) is 0 Å². The monoisotopic (exact) mass is 312 g/mol. The molecule has 0 aliphatic heterocycles. The third-order valence-electron chi connectivity index (χ3n) is 5.14. The minimum Gasteiger partial charge on any atom is -0.454 e. The van der Waals surface area contributed by atoms with Gasteiger partial charge in [0.15, 0.2) is 0 Å². The quantitative estimate of drug-likeness (QED) is 0.627. The summed E-state index contributed by atoms with van der Waals surface area (Å²) in [6.07, 6.45) is 2.31. The van der Waals surface area contributed by atoms with Gasteiger partial charge < -0.3 is 4.74 Å². The molecule has 0 amide bonds. The van der Waals surface area contributed by atoms with Gasteiger partial charge in [-0.05, 0) is 55.5 Å². The summed E-state index contributed by atoms with van der Waals surface area (Å²) in [6.45, 7) is 10.1. The third kappa shape index (κ3) is 3.41. The smallest absolute Gasteiger partial charge is 0.312 e. The number of carbonyl (C=O) groups excluding carboxylic acids is 1. The highest BCUT2D eigenvalue weighted by atomic mass is 16.6. The fourth-order valence-electron chi connectivity index (χ4n) is 2.79. The normalized spacial score (nSPS) is 12.4. The van der Waals surface area contributed by atoms with Crippen LogP contribution in [-0.2, 0) is 15.1 Å². The van der Waals surface area contributed by atoms with Crippen molar-refractivity contribution in [3.05, 3.63) is 48.0 Å². The zero-order valence-electron chi connectivity index (χ0n) is 15.0. The lowest BCUT2D eigenvalue weighted by atomic mass is 9.85. The molecule has 23 heavy (non-hydrogen) atoms. The first-order valence-electron chi connectivity index (χ1n) is 8.61. The van der Waals surface area contributed by atoms with E-state index in [0.717, 1.165) is 24.8 Å². The second-order valence-electron chi connectivity index (χ2n) is 6.89. The van der Waals surface area contributed by atoms with Crippen molar-refractivity contribution in [3.8, 4) is 0 Å². The topological polar surface area (TPSA) is 26.3 Å². The summed E-state index contributed by atoms with van der Waals surface area (Å²) in [7, 11) is 0. The molecule has 0 saturated carbocycles. The maximum atomic E-state index is 12.6. The fourth-order valence-corrected chi connectivity index (χ4v) is 2.79. The Labute approximate surface area is 139 Å². The van der Waals surface area contributed by atoms with Gasteiger partial charge in [0.25, 0.3) is 0 Å². The average Bonchev–Trinajstić information content (AvgIpc) is 2.59. The molecule has 0 saturated heterocycles. The van der Waals surface area contributed by atoms with Gasteiger partial charge in [-0.25, -0.2) is 0 Å². The molecule has 2 rings (SSSR count). The number of hydrogen-bond acceptors (Lipinski definition) is 2. The minimum atomic E-state index is -0.548. The van der Waals surface area contributed by atoms with E-state index in [2.05, 4.69) is 44.2 Å². The molecule has 0 atom stereocenters. The standard InChI is InChI=1S/C21H28O2/c1-6-20(4,5)19(22)23-21(7-2,8-3)18-14-13-16-11-9-10-12-17(16)15-18/h9-15H,6-8H2,1-5H3. The van der Waals surface area contributed by atoms with E-state index in [1.807, 2.05) is 32.9 Å². The molecule has 2 aromatic rings. The number of hydrogen-bond donors (Lipinski definition) is 0. The summed E-state index contributed by atoms with van der Waals surface area (Å²) in [4.78, 5) is 12.6. The van der Waals surface area contributed by atoms with Gasteiger partial charge in [0.2, 0.25) is 0 Å². The first-order valence-corrected chi connectivity index (χ1v) is 8.61. The SMILES string of the molecule is CCC(C)(C)C(=O)OC(CC)(CC)c1ccc2ccccc2c1. The maximum Gasteiger partial charge on any atom is 0.312 e. The molecule has 0 aliphatic rings. The Bertz CT molecular complexity index is 681. The van der Waals surface area contributed by atoms with E-state index in [1.165, 1.54) is 10.8 Å². The molecule has 0 heterocycles. The Balaban J connectivity index is 2.44. The lowest BCUT2D eigenvalue weighted by molar-refractivity contribution is -0.173. The van der Waals surface area contributed by atoms with E-state index in [9.17, 15) is 4.79 Å². The van der Waals surface area contributed by atoms with Crippen LogP contribution in [0.2, 0.25) is 0 Å². The lowest BCUT2D eigenvalue weighted by Crippen LogP contribution is -2.37. The highest BCUT2D eigenvalue weighted by Crippen LogP contribution is 2.37. The number of carbonyl (C=O) groups is 1. The molecule has 0 fully saturated rings. The maximum absolute atomic E-state index is 12.6. The van der Waals surface area contributed by atoms with Crippen LogP contribution in [0.1, 0.15) is 59.4 Å². The van der Waals surface area contributed by atoms with E-state index < -0.39 is 11.0 Å². The van der Waals surface area contributed by atoms with Gasteiger partial charge in [-0.1, -0.05) is 57.2 Å². The van der Waals surface area contributed by atoms with Crippen molar-refractivity contribution in [2.75, 3.05) is 0 Å². The van der Waals surface area contributed by atoms with Crippen molar-refractivity contribution in [1.29, 1.82) is 0 Å². The summed E-state index contributed by atoms with van der Waals surface area (Å²) in [5, 5.41) is 2.39. The average molecular weight is 312 g/mol. The van der Waals surface area contributed by atoms with Gasteiger partial charge in [0.05, 0.1) is 5.41 Å². The van der Waals surface area contributed by atoms with E-state index in [1.54, 1.807) is 0 Å². The van der Waals surface area contributed by atoms with E-state index >= 15 is 0 Å². The van der Waals surface area contributed by atoms with Crippen molar-refractivity contribution < 1.29 is 9.53 Å². The summed E-state index contributed by atoms with van der Waals surface area (Å²) in [6, 6.07) is 14.7. The molecular weight excluding hydrogens is 284 g/mol. The summed E-state index contributed by atoms with van der Waals surface area (Å²) in [5.41, 5.74) is 0.0847. The number of rotatable bonds is 6. The lowest BCUT2D eigenvalue weighted by Gasteiger charge is -2.35. The Hall–Kier alpha value is -1.83. The van der Waals surface area contributed by atoms with Gasteiger partial charge in [-0.15, -0.1) is 0 Å². The molecule has 2 aromatic carbocycles. The molecule has 124 valence electrons. The molecule has 0 aromatic heterocycles. The minimum absolute atomic E-state index is 0.114. The van der Waals surface area contributed by atoms with Crippen LogP contribution in [0.3, 0.4) is 0 Å². The predicted molar refractivity (Wildman–Crippen MR) is 96.4 cm³/mol. The first kappa shape index (κ1) is 17.5. The molecule has 2 heteroatoms. The van der Waals surface area contributed by atoms with Gasteiger partial charge in [-0.2, -0.15) is 0 Å². The molecule has 0 aliphatic carbocycles. The Morgan fingerprint density at radius 2 is 1.52 bits per heavy atom. The van der Waals surface area contributed by atoms with Gasteiger partial charge in [-0.3, -0.25) is 4.79 Å². The third-order valence-corrected chi connectivity index (χ3v) is 5.14. The molecule has 0 unspecified atom stereocenters. The van der Waals surface area contributed by atoms with Crippen LogP contribution in [0, 0.1) is 5.41 Å². The van der Waals surface area contributed by atoms with Crippen LogP contribution in [-0.4, -0.2) is 5.97 Å². The molecule has 2 nitrogen and oxygen atoms in total. The summed E-state index contributed by atoms with van der Waals surface area (Å²) < 4.78 is 6.09. The van der Waals surface area contributed by atoms with Crippen molar-refractivity contribution in [3.63, 3.8) is 0 Å². The Morgan fingerprint density at radius 3 is 2.09 bits per heavy atom. The van der Waals surface area contributed by atoms with E-state index in [0.29, 0.717) is 0 Å². The van der Waals surface area contributed by atoms with Crippen molar-refractivity contribution in [2.45, 2.75) is 59.5 Å². The number of fused-ring (bicyclic) bond motifs is 1. The van der Waals surface area contributed by atoms with Crippen LogP contribution in [0.5, 0.6) is 0 Å². The zero-order valence-corrected chi connectivity index (χ0v) is 15.0. The highest BCUT2D eigenvalue weighted by Gasteiger charge is 2.37. The fraction of sp³-hybridized carbons (Fsp3) is 0.476. The second kappa shape index (κ2) is 6.74.